The fourth-order valence-corrected chi connectivity index (χ4v) is 3.04. The van der Waals surface area contributed by atoms with Crippen molar-refractivity contribution in [3.8, 4) is 0 Å². The minimum absolute atomic E-state index is 0.183. The standard InChI is InChI=1S/C8H14N2O6S/c11-7(12)9-17(13,14)10-3-1-8(2-4-10)15-5-6-16-8/h9H,1-6H2,(H,11,12). The van der Waals surface area contributed by atoms with Gasteiger partial charge in [0.05, 0.1) is 13.2 Å². The van der Waals surface area contributed by atoms with Crippen molar-refractivity contribution < 1.29 is 27.8 Å². The van der Waals surface area contributed by atoms with E-state index >= 15 is 0 Å². The smallest absolute Gasteiger partial charge is 0.419 e. The molecule has 8 nitrogen and oxygen atoms in total. The Labute approximate surface area is 98.7 Å². The fraction of sp³-hybridized carbons (Fsp3) is 0.875. The SMILES string of the molecule is O=C(O)NS(=O)(=O)N1CCC2(CC1)OCCO2. The first-order valence-electron chi connectivity index (χ1n) is 5.22. The molecule has 17 heavy (non-hydrogen) atoms. The van der Waals surface area contributed by atoms with Gasteiger partial charge in [0, 0.05) is 25.9 Å². The molecule has 0 atom stereocenters. The summed E-state index contributed by atoms with van der Waals surface area (Å²) in [5.41, 5.74) is 0. The highest BCUT2D eigenvalue weighted by Gasteiger charge is 2.42. The van der Waals surface area contributed by atoms with Gasteiger partial charge in [-0.25, -0.2) is 9.52 Å². The minimum Gasteiger partial charge on any atom is -0.464 e. The molecular formula is C8H14N2O6S. The summed E-state index contributed by atoms with van der Waals surface area (Å²) in [5.74, 6) is -0.671. The van der Waals surface area contributed by atoms with Gasteiger partial charge in [-0.05, 0) is 0 Å². The summed E-state index contributed by atoms with van der Waals surface area (Å²) in [7, 11) is -3.96. The van der Waals surface area contributed by atoms with E-state index in [1.54, 1.807) is 0 Å². The van der Waals surface area contributed by atoms with E-state index in [0.717, 1.165) is 4.31 Å². The quantitative estimate of drug-likeness (QED) is 0.687. The molecule has 0 radical (unpaired) electrons. The lowest BCUT2D eigenvalue weighted by atomic mass is 10.1. The lowest BCUT2D eigenvalue weighted by Gasteiger charge is -2.36. The highest BCUT2D eigenvalue weighted by atomic mass is 32.2. The molecule has 2 heterocycles. The average Bonchev–Trinajstić information content (AvgIpc) is 2.65. The first-order chi connectivity index (χ1) is 7.94. The Bertz CT molecular complexity index is 392. The Hall–Kier alpha value is -0.900. The van der Waals surface area contributed by atoms with Crippen molar-refractivity contribution in [3.63, 3.8) is 0 Å². The van der Waals surface area contributed by atoms with E-state index in [9.17, 15) is 13.2 Å². The maximum atomic E-state index is 11.6. The minimum atomic E-state index is -3.96. The Morgan fingerprint density at radius 3 is 2.24 bits per heavy atom. The summed E-state index contributed by atoms with van der Waals surface area (Å²) in [6.45, 7) is 1.39. The molecule has 98 valence electrons. The van der Waals surface area contributed by atoms with Crippen LogP contribution in [0.2, 0.25) is 0 Å². The molecule has 1 amide bonds. The zero-order valence-corrected chi connectivity index (χ0v) is 9.90. The van der Waals surface area contributed by atoms with Crippen molar-refractivity contribution in [2.24, 2.45) is 0 Å². The third-order valence-electron chi connectivity index (χ3n) is 2.85. The van der Waals surface area contributed by atoms with Crippen molar-refractivity contribution in [2.75, 3.05) is 26.3 Å². The van der Waals surface area contributed by atoms with Crippen LogP contribution in [0, 0.1) is 0 Å². The molecule has 2 aliphatic heterocycles. The number of hydrogen-bond donors (Lipinski definition) is 2. The number of nitrogens with one attached hydrogen (secondary N) is 1. The van der Waals surface area contributed by atoms with Crippen molar-refractivity contribution in [1.29, 1.82) is 0 Å². The van der Waals surface area contributed by atoms with Crippen molar-refractivity contribution in [3.05, 3.63) is 0 Å². The third kappa shape index (κ3) is 2.68. The first kappa shape index (κ1) is 12.6. The van der Waals surface area contributed by atoms with Crippen LogP contribution in [0.15, 0.2) is 0 Å². The van der Waals surface area contributed by atoms with Gasteiger partial charge < -0.3 is 14.6 Å². The van der Waals surface area contributed by atoms with Gasteiger partial charge in [-0.1, -0.05) is 0 Å². The van der Waals surface area contributed by atoms with Gasteiger partial charge in [-0.15, -0.1) is 0 Å². The average molecular weight is 266 g/mol. The van der Waals surface area contributed by atoms with E-state index in [1.165, 1.54) is 4.72 Å². The molecule has 2 rings (SSSR count). The lowest BCUT2D eigenvalue weighted by molar-refractivity contribution is -0.179. The first-order valence-corrected chi connectivity index (χ1v) is 6.66. The van der Waals surface area contributed by atoms with E-state index < -0.39 is 22.1 Å². The molecule has 0 aromatic carbocycles. The van der Waals surface area contributed by atoms with Gasteiger partial charge in [0.2, 0.25) is 0 Å². The molecule has 0 saturated carbocycles. The summed E-state index contributed by atoms with van der Waals surface area (Å²) < 4.78 is 36.6. The Kier molecular flexibility index (Phi) is 3.25. The van der Waals surface area contributed by atoms with Crippen LogP contribution in [0.3, 0.4) is 0 Å². The molecular weight excluding hydrogens is 252 g/mol. The molecule has 0 aromatic rings. The van der Waals surface area contributed by atoms with Crippen LogP contribution in [0.1, 0.15) is 12.8 Å². The number of carboxylic acid groups (broad SMARTS) is 1. The molecule has 0 aromatic heterocycles. The number of piperidine rings is 1. The van der Waals surface area contributed by atoms with Crippen LogP contribution in [0.25, 0.3) is 0 Å². The van der Waals surface area contributed by atoms with E-state index in [1.807, 2.05) is 0 Å². The molecule has 9 heteroatoms. The van der Waals surface area contributed by atoms with Crippen LogP contribution in [-0.4, -0.2) is 56.0 Å². The van der Waals surface area contributed by atoms with Crippen LogP contribution in [-0.2, 0) is 19.7 Å². The molecule has 0 unspecified atom stereocenters. The number of rotatable bonds is 2. The van der Waals surface area contributed by atoms with Gasteiger partial charge in [-0.3, -0.25) is 0 Å². The molecule has 2 aliphatic rings. The van der Waals surface area contributed by atoms with Crippen LogP contribution >= 0.6 is 0 Å². The van der Waals surface area contributed by atoms with Gasteiger partial charge in [0.1, 0.15) is 0 Å². The molecule has 2 saturated heterocycles. The highest BCUT2D eigenvalue weighted by Crippen LogP contribution is 2.31. The predicted octanol–water partition coefficient (Wildman–Crippen LogP) is -0.662. The summed E-state index contributed by atoms with van der Waals surface area (Å²) in [6, 6.07) is 0. The summed E-state index contributed by atoms with van der Waals surface area (Å²) >= 11 is 0. The summed E-state index contributed by atoms with van der Waals surface area (Å²) in [6.07, 6.45) is -0.764. The number of hydrogen-bond acceptors (Lipinski definition) is 5. The van der Waals surface area contributed by atoms with Gasteiger partial charge in [-0.2, -0.15) is 12.7 Å². The second kappa shape index (κ2) is 4.41. The topological polar surface area (TPSA) is 105 Å². The summed E-state index contributed by atoms with van der Waals surface area (Å²) in [5, 5.41) is 8.42. The predicted molar refractivity (Wildman–Crippen MR) is 55.5 cm³/mol. The van der Waals surface area contributed by atoms with Crippen molar-refractivity contribution in [2.45, 2.75) is 18.6 Å². The van der Waals surface area contributed by atoms with Crippen LogP contribution in [0.4, 0.5) is 4.79 Å². The molecule has 1 spiro atoms. The van der Waals surface area contributed by atoms with Crippen LogP contribution in [0.5, 0.6) is 0 Å². The lowest BCUT2D eigenvalue weighted by Crippen LogP contribution is -2.51. The number of amides is 1. The largest absolute Gasteiger partial charge is 0.464 e. The second-order valence-corrected chi connectivity index (χ2v) is 5.59. The zero-order chi connectivity index (χ0) is 12.5. The maximum absolute atomic E-state index is 11.6. The summed E-state index contributed by atoms with van der Waals surface area (Å²) in [4.78, 5) is 10.3. The molecule has 2 N–H and O–H groups in total. The fourth-order valence-electron chi connectivity index (χ4n) is 2.03. The maximum Gasteiger partial charge on any atom is 0.419 e. The zero-order valence-electron chi connectivity index (χ0n) is 9.09. The van der Waals surface area contributed by atoms with Crippen molar-refractivity contribution in [1.82, 2.24) is 9.03 Å². The van der Waals surface area contributed by atoms with E-state index in [-0.39, 0.29) is 13.1 Å². The van der Waals surface area contributed by atoms with Crippen LogP contribution < -0.4 is 4.72 Å². The highest BCUT2D eigenvalue weighted by molar-refractivity contribution is 7.87. The molecule has 2 fully saturated rings. The van der Waals surface area contributed by atoms with E-state index in [0.29, 0.717) is 26.1 Å². The Morgan fingerprint density at radius 2 is 1.76 bits per heavy atom. The molecule has 0 bridgehead atoms. The number of nitrogens with zero attached hydrogens (tertiary/aromatic N) is 1. The van der Waals surface area contributed by atoms with Gasteiger partial charge in [0.25, 0.3) is 0 Å². The third-order valence-corrected chi connectivity index (χ3v) is 4.33. The monoisotopic (exact) mass is 266 g/mol. The Morgan fingerprint density at radius 1 is 1.24 bits per heavy atom. The normalized spacial score (nSPS) is 24.9. The Balaban J connectivity index is 1.96. The second-order valence-electron chi connectivity index (χ2n) is 3.92. The van der Waals surface area contributed by atoms with Gasteiger partial charge in [0.15, 0.2) is 5.79 Å². The molecule has 0 aliphatic carbocycles. The van der Waals surface area contributed by atoms with E-state index in [2.05, 4.69) is 0 Å². The van der Waals surface area contributed by atoms with Gasteiger partial charge >= 0.3 is 16.3 Å². The van der Waals surface area contributed by atoms with E-state index in [4.69, 9.17) is 14.6 Å². The number of ether oxygens (including phenoxy) is 2. The van der Waals surface area contributed by atoms with Crippen molar-refractivity contribution >= 4 is 16.3 Å². The number of carbonyl (C=O) groups is 1.